The smallest absolute Gasteiger partial charge is 0.272 e. The number of halogens is 1. The first-order chi connectivity index (χ1) is 8.69. The number of hydrogen-bond acceptors (Lipinski definition) is 2. The Kier molecular flexibility index (Phi) is 3.89. The number of rotatable bonds is 4. The van der Waals surface area contributed by atoms with Gasteiger partial charge in [-0.1, -0.05) is 17.7 Å². The fourth-order valence-electron chi connectivity index (χ4n) is 1.53. The Bertz CT molecular complexity index is 551. The van der Waals surface area contributed by atoms with E-state index in [2.05, 4.69) is 10.3 Å². The number of carbonyl (C=O) groups is 1. The average Bonchev–Trinajstić information content (AvgIpc) is 2.77. The number of amides is 1. The van der Waals surface area contributed by atoms with E-state index in [0.717, 1.165) is 5.75 Å². The summed E-state index contributed by atoms with van der Waals surface area (Å²) in [4.78, 5) is 14.6. The van der Waals surface area contributed by atoms with Gasteiger partial charge >= 0.3 is 0 Å². The van der Waals surface area contributed by atoms with E-state index in [-0.39, 0.29) is 5.91 Å². The molecule has 5 heteroatoms. The zero-order valence-corrected chi connectivity index (χ0v) is 10.6. The minimum absolute atomic E-state index is 0.240. The summed E-state index contributed by atoms with van der Waals surface area (Å²) < 4.78 is 5.36. The topological polar surface area (TPSA) is 54.1 Å². The van der Waals surface area contributed by atoms with Crippen molar-refractivity contribution in [1.82, 2.24) is 4.98 Å². The molecule has 0 aliphatic carbocycles. The normalized spacial score (nSPS) is 10.1. The molecule has 2 aromatic rings. The van der Waals surface area contributed by atoms with Crippen molar-refractivity contribution in [2.75, 3.05) is 11.9 Å². The highest BCUT2D eigenvalue weighted by molar-refractivity contribution is 6.31. The third-order valence-electron chi connectivity index (χ3n) is 2.30. The van der Waals surface area contributed by atoms with Crippen LogP contribution >= 0.6 is 11.6 Å². The number of H-pyrrole nitrogens is 1. The molecule has 0 bridgehead atoms. The minimum atomic E-state index is -0.240. The van der Waals surface area contributed by atoms with Crippen molar-refractivity contribution in [3.63, 3.8) is 0 Å². The van der Waals surface area contributed by atoms with E-state index in [4.69, 9.17) is 16.3 Å². The Balaban J connectivity index is 2.09. The van der Waals surface area contributed by atoms with Crippen LogP contribution in [0.5, 0.6) is 5.75 Å². The second kappa shape index (κ2) is 5.60. The van der Waals surface area contributed by atoms with Gasteiger partial charge in [0, 0.05) is 18.0 Å². The number of aromatic nitrogens is 1. The van der Waals surface area contributed by atoms with E-state index in [0.29, 0.717) is 23.0 Å². The fraction of sp³-hybridized carbons (Fsp3) is 0.154. The predicted octanol–water partition coefficient (Wildman–Crippen LogP) is 3.32. The van der Waals surface area contributed by atoms with Gasteiger partial charge in [0.25, 0.3) is 5.91 Å². The lowest BCUT2D eigenvalue weighted by Gasteiger charge is -2.07. The van der Waals surface area contributed by atoms with Gasteiger partial charge < -0.3 is 15.0 Å². The molecule has 2 rings (SSSR count). The Morgan fingerprint density at radius 1 is 1.44 bits per heavy atom. The van der Waals surface area contributed by atoms with Crippen LogP contribution in [0.15, 0.2) is 36.5 Å². The summed E-state index contributed by atoms with van der Waals surface area (Å²) >= 11 is 5.74. The molecule has 4 nitrogen and oxygen atoms in total. The van der Waals surface area contributed by atoms with E-state index < -0.39 is 0 Å². The van der Waals surface area contributed by atoms with Crippen molar-refractivity contribution in [3.8, 4) is 5.75 Å². The Labute approximate surface area is 110 Å². The van der Waals surface area contributed by atoms with Crippen molar-refractivity contribution in [2.24, 2.45) is 0 Å². The highest BCUT2D eigenvalue weighted by Gasteiger charge is 2.08. The lowest BCUT2D eigenvalue weighted by atomic mass is 10.3. The van der Waals surface area contributed by atoms with Gasteiger partial charge in [-0.25, -0.2) is 0 Å². The first-order valence-electron chi connectivity index (χ1n) is 5.57. The maximum atomic E-state index is 11.9. The second-order valence-corrected chi connectivity index (χ2v) is 4.08. The lowest BCUT2D eigenvalue weighted by Crippen LogP contribution is -2.12. The summed E-state index contributed by atoms with van der Waals surface area (Å²) in [5.74, 6) is 0.482. The molecule has 1 aromatic heterocycles. The number of hydrogen-bond donors (Lipinski definition) is 2. The Morgan fingerprint density at radius 3 is 2.94 bits per heavy atom. The summed E-state index contributed by atoms with van der Waals surface area (Å²) in [5, 5.41) is 3.26. The lowest BCUT2D eigenvalue weighted by molar-refractivity contribution is 0.102. The van der Waals surface area contributed by atoms with Crippen LogP contribution in [-0.4, -0.2) is 17.5 Å². The van der Waals surface area contributed by atoms with Crippen LogP contribution < -0.4 is 10.1 Å². The first kappa shape index (κ1) is 12.5. The van der Waals surface area contributed by atoms with Gasteiger partial charge in [0.05, 0.1) is 11.6 Å². The van der Waals surface area contributed by atoms with Crippen LogP contribution in [0.1, 0.15) is 17.4 Å². The summed E-state index contributed by atoms with van der Waals surface area (Å²) in [6.45, 7) is 2.50. The molecule has 0 saturated heterocycles. The van der Waals surface area contributed by atoms with Crippen LogP contribution in [0.25, 0.3) is 0 Å². The number of anilines is 1. The van der Waals surface area contributed by atoms with Gasteiger partial charge in [0.15, 0.2) is 0 Å². The summed E-state index contributed by atoms with van der Waals surface area (Å²) in [6.07, 6.45) is 1.56. The van der Waals surface area contributed by atoms with Gasteiger partial charge in [0.2, 0.25) is 0 Å². The predicted molar refractivity (Wildman–Crippen MR) is 71.4 cm³/mol. The molecule has 1 heterocycles. The van der Waals surface area contributed by atoms with E-state index in [9.17, 15) is 4.79 Å². The zero-order valence-electron chi connectivity index (χ0n) is 9.87. The van der Waals surface area contributed by atoms with Crippen LogP contribution in [0.4, 0.5) is 5.69 Å². The fourth-order valence-corrected chi connectivity index (χ4v) is 1.69. The molecular weight excluding hydrogens is 252 g/mol. The molecule has 0 aliphatic rings. The molecule has 94 valence electrons. The van der Waals surface area contributed by atoms with E-state index in [1.807, 2.05) is 19.1 Å². The zero-order chi connectivity index (χ0) is 13.0. The van der Waals surface area contributed by atoms with Crippen molar-refractivity contribution in [3.05, 3.63) is 47.2 Å². The second-order valence-electron chi connectivity index (χ2n) is 3.65. The average molecular weight is 265 g/mol. The SMILES string of the molecule is CCOc1cccc(NC(=O)c2cc(Cl)c[nH]2)c1. The molecule has 2 N–H and O–H groups in total. The van der Waals surface area contributed by atoms with Gasteiger partial charge in [-0.05, 0) is 25.1 Å². The molecule has 0 unspecified atom stereocenters. The number of carbonyl (C=O) groups excluding carboxylic acids is 1. The van der Waals surface area contributed by atoms with Gasteiger partial charge in [-0.3, -0.25) is 4.79 Å². The largest absolute Gasteiger partial charge is 0.494 e. The maximum Gasteiger partial charge on any atom is 0.272 e. The molecule has 0 aliphatic heterocycles. The van der Waals surface area contributed by atoms with E-state index >= 15 is 0 Å². The molecule has 18 heavy (non-hydrogen) atoms. The highest BCUT2D eigenvalue weighted by Crippen LogP contribution is 2.18. The quantitative estimate of drug-likeness (QED) is 0.890. The number of nitrogens with one attached hydrogen (secondary N) is 2. The van der Waals surface area contributed by atoms with Crippen molar-refractivity contribution in [2.45, 2.75) is 6.92 Å². The number of benzene rings is 1. The van der Waals surface area contributed by atoms with Crippen molar-refractivity contribution >= 4 is 23.2 Å². The van der Waals surface area contributed by atoms with Crippen molar-refractivity contribution in [1.29, 1.82) is 0 Å². The molecular formula is C13H13ClN2O2. The molecule has 1 aromatic carbocycles. The maximum absolute atomic E-state index is 11.9. The number of aromatic amines is 1. The Morgan fingerprint density at radius 2 is 2.28 bits per heavy atom. The van der Waals surface area contributed by atoms with Crippen molar-refractivity contribution < 1.29 is 9.53 Å². The van der Waals surface area contributed by atoms with Crippen LogP contribution in [0.2, 0.25) is 5.02 Å². The Hall–Kier alpha value is -1.94. The molecule has 0 radical (unpaired) electrons. The van der Waals surface area contributed by atoms with Crippen LogP contribution in [0.3, 0.4) is 0 Å². The molecule has 1 amide bonds. The molecule has 0 spiro atoms. The summed E-state index contributed by atoms with van der Waals surface area (Å²) in [6, 6.07) is 8.80. The van der Waals surface area contributed by atoms with Crippen LogP contribution in [0, 0.1) is 0 Å². The van der Waals surface area contributed by atoms with Gasteiger partial charge in [-0.2, -0.15) is 0 Å². The molecule has 0 atom stereocenters. The number of ether oxygens (including phenoxy) is 1. The third-order valence-corrected chi connectivity index (χ3v) is 2.51. The van der Waals surface area contributed by atoms with Crippen LogP contribution in [-0.2, 0) is 0 Å². The highest BCUT2D eigenvalue weighted by atomic mass is 35.5. The summed E-state index contributed by atoms with van der Waals surface area (Å²) in [7, 11) is 0. The minimum Gasteiger partial charge on any atom is -0.494 e. The third kappa shape index (κ3) is 3.05. The van der Waals surface area contributed by atoms with E-state index in [1.54, 1.807) is 24.4 Å². The van der Waals surface area contributed by atoms with Gasteiger partial charge in [-0.15, -0.1) is 0 Å². The summed E-state index contributed by atoms with van der Waals surface area (Å²) in [5.41, 5.74) is 1.10. The van der Waals surface area contributed by atoms with Gasteiger partial charge in [0.1, 0.15) is 11.4 Å². The van der Waals surface area contributed by atoms with E-state index in [1.165, 1.54) is 0 Å². The standard InChI is InChI=1S/C13H13ClN2O2/c1-2-18-11-5-3-4-10(7-11)16-13(17)12-6-9(14)8-15-12/h3-8,15H,2H2,1H3,(H,16,17). The molecule has 0 saturated carbocycles. The molecule has 0 fully saturated rings. The monoisotopic (exact) mass is 264 g/mol. The first-order valence-corrected chi connectivity index (χ1v) is 5.95.